The van der Waals surface area contributed by atoms with E-state index in [9.17, 15) is 9.90 Å². The lowest BCUT2D eigenvalue weighted by molar-refractivity contribution is 0.102. The van der Waals surface area contributed by atoms with Crippen LogP contribution in [0.25, 0.3) is 0 Å². The number of hydrogen-bond acceptors (Lipinski definition) is 4. The Bertz CT molecular complexity index is 866. The second-order valence-corrected chi connectivity index (χ2v) is 5.86. The maximum atomic E-state index is 12.5. The summed E-state index contributed by atoms with van der Waals surface area (Å²) < 4.78 is 0.722. The maximum absolute atomic E-state index is 12.5. The van der Waals surface area contributed by atoms with Gasteiger partial charge >= 0.3 is 0 Å². The van der Waals surface area contributed by atoms with Gasteiger partial charge in [-0.15, -0.1) is 0 Å². The molecule has 0 aliphatic carbocycles. The van der Waals surface area contributed by atoms with Crippen LogP contribution < -0.4 is 10.6 Å². The SMILES string of the molecule is O=C(Nc1cccnc1Nc1ccc(O)cc1)c1ccccc1Br. The first-order chi connectivity index (χ1) is 11.6. The van der Waals surface area contributed by atoms with Gasteiger partial charge in [0.15, 0.2) is 5.82 Å². The van der Waals surface area contributed by atoms with Crippen LogP contribution in [0.1, 0.15) is 10.4 Å². The van der Waals surface area contributed by atoms with Gasteiger partial charge < -0.3 is 15.7 Å². The van der Waals surface area contributed by atoms with Crippen molar-refractivity contribution in [3.8, 4) is 5.75 Å². The van der Waals surface area contributed by atoms with E-state index in [-0.39, 0.29) is 11.7 Å². The molecule has 3 N–H and O–H groups in total. The Morgan fingerprint density at radius 3 is 2.50 bits per heavy atom. The molecule has 1 aromatic heterocycles. The number of pyridine rings is 1. The van der Waals surface area contributed by atoms with Crippen LogP contribution in [0.5, 0.6) is 5.75 Å². The van der Waals surface area contributed by atoms with Gasteiger partial charge in [-0.1, -0.05) is 12.1 Å². The summed E-state index contributed by atoms with van der Waals surface area (Å²) in [6.45, 7) is 0. The first-order valence-electron chi connectivity index (χ1n) is 7.20. The number of phenolic OH excluding ortho intramolecular Hbond substituents is 1. The molecule has 120 valence electrons. The molecule has 0 bridgehead atoms. The van der Waals surface area contributed by atoms with Gasteiger partial charge in [0.05, 0.1) is 11.3 Å². The lowest BCUT2D eigenvalue weighted by atomic mass is 10.2. The van der Waals surface area contributed by atoms with Gasteiger partial charge in [-0.05, 0) is 64.5 Å². The first-order valence-corrected chi connectivity index (χ1v) is 8.00. The molecule has 1 heterocycles. The number of amides is 1. The Labute approximate surface area is 147 Å². The molecule has 6 heteroatoms. The fraction of sp³-hybridized carbons (Fsp3) is 0. The molecule has 2 aromatic carbocycles. The minimum Gasteiger partial charge on any atom is -0.508 e. The zero-order valence-corrected chi connectivity index (χ0v) is 14.1. The number of hydrogen-bond donors (Lipinski definition) is 3. The Morgan fingerprint density at radius 1 is 1.00 bits per heavy atom. The zero-order valence-electron chi connectivity index (χ0n) is 12.5. The topological polar surface area (TPSA) is 74.2 Å². The zero-order chi connectivity index (χ0) is 16.9. The van der Waals surface area contributed by atoms with Crippen molar-refractivity contribution in [1.29, 1.82) is 0 Å². The van der Waals surface area contributed by atoms with Crippen LogP contribution in [0.4, 0.5) is 17.2 Å². The summed E-state index contributed by atoms with van der Waals surface area (Å²) in [5, 5.41) is 15.3. The van der Waals surface area contributed by atoms with Crippen molar-refractivity contribution < 1.29 is 9.90 Å². The van der Waals surface area contributed by atoms with Crippen LogP contribution in [-0.2, 0) is 0 Å². The summed E-state index contributed by atoms with van der Waals surface area (Å²) >= 11 is 3.37. The van der Waals surface area contributed by atoms with Gasteiger partial charge in [-0.3, -0.25) is 4.79 Å². The molecule has 3 aromatic rings. The average molecular weight is 384 g/mol. The molecule has 0 radical (unpaired) electrons. The van der Waals surface area contributed by atoms with E-state index in [4.69, 9.17) is 0 Å². The highest BCUT2D eigenvalue weighted by molar-refractivity contribution is 9.10. The van der Waals surface area contributed by atoms with Crippen molar-refractivity contribution in [2.45, 2.75) is 0 Å². The molecule has 24 heavy (non-hydrogen) atoms. The highest BCUT2D eigenvalue weighted by atomic mass is 79.9. The fourth-order valence-electron chi connectivity index (χ4n) is 2.12. The van der Waals surface area contributed by atoms with E-state index < -0.39 is 0 Å². The molecule has 0 fully saturated rings. The molecule has 0 atom stereocenters. The normalized spacial score (nSPS) is 10.2. The van der Waals surface area contributed by atoms with Crippen LogP contribution in [0, 0.1) is 0 Å². The van der Waals surface area contributed by atoms with E-state index in [0.717, 1.165) is 10.2 Å². The Hall–Kier alpha value is -2.86. The number of phenols is 1. The van der Waals surface area contributed by atoms with E-state index >= 15 is 0 Å². The number of aromatic hydroxyl groups is 1. The van der Waals surface area contributed by atoms with Gasteiger partial charge in [0.1, 0.15) is 5.75 Å². The average Bonchev–Trinajstić information content (AvgIpc) is 2.59. The molecule has 3 rings (SSSR count). The summed E-state index contributed by atoms with van der Waals surface area (Å²) in [5.41, 5.74) is 1.85. The number of benzene rings is 2. The van der Waals surface area contributed by atoms with Crippen LogP contribution in [-0.4, -0.2) is 16.0 Å². The van der Waals surface area contributed by atoms with E-state index in [1.165, 1.54) is 0 Å². The number of carbonyl (C=O) groups excluding carboxylic acids is 1. The molecular formula is C18H14BrN3O2. The quantitative estimate of drug-likeness (QED) is 0.577. The Balaban J connectivity index is 1.83. The number of rotatable bonds is 4. The summed E-state index contributed by atoms with van der Waals surface area (Å²) in [7, 11) is 0. The minimum absolute atomic E-state index is 0.184. The lowest BCUT2D eigenvalue weighted by Crippen LogP contribution is -2.14. The number of nitrogens with one attached hydrogen (secondary N) is 2. The van der Waals surface area contributed by atoms with Gasteiger partial charge in [-0.2, -0.15) is 0 Å². The Morgan fingerprint density at radius 2 is 1.75 bits per heavy atom. The van der Waals surface area contributed by atoms with Crippen LogP contribution in [0.15, 0.2) is 71.3 Å². The van der Waals surface area contributed by atoms with Crippen molar-refractivity contribution in [2.24, 2.45) is 0 Å². The summed E-state index contributed by atoms with van der Waals surface area (Å²) in [4.78, 5) is 16.7. The maximum Gasteiger partial charge on any atom is 0.256 e. The fourth-order valence-corrected chi connectivity index (χ4v) is 2.59. The lowest BCUT2D eigenvalue weighted by Gasteiger charge is -2.12. The molecule has 0 unspecified atom stereocenters. The van der Waals surface area contributed by atoms with Crippen molar-refractivity contribution in [3.05, 3.63) is 76.9 Å². The van der Waals surface area contributed by atoms with Crippen molar-refractivity contribution in [3.63, 3.8) is 0 Å². The second kappa shape index (κ2) is 7.14. The Kier molecular flexibility index (Phi) is 4.77. The molecule has 1 amide bonds. The standard InChI is InChI=1S/C18H14BrN3O2/c19-15-5-2-1-4-14(15)18(24)22-16-6-3-11-20-17(16)21-12-7-9-13(23)10-8-12/h1-11,23H,(H,20,21)(H,22,24). The van der Waals surface area contributed by atoms with E-state index in [1.54, 1.807) is 54.7 Å². The number of nitrogens with zero attached hydrogens (tertiary/aromatic N) is 1. The third kappa shape index (κ3) is 3.72. The summed E-state index contributed by atoms with van der Waals surface area (Å²) in [5.74, 6) is 0.469. The van der Waals surface area contributed by atoms with Gasteiger partial charge in [0, 0.05) is 16.4 Å². The van der Waals surface area contributed by atoms with Crippen molar-refractivity contribution in [1.82, 2.24) is 4.98 Å². The molecule has 0 aliphatic rings. The monoisotopic (exact) mass is 383 g/mol. The van der Waals surface area contributed by atoms with Gasteiger partial charge in [-0.25, -0.2) is 4.98 Å². The smallest absolute Gasteiger partial charge is 0.256 e. The van der Waals surface area contributed by atoms with E-state index in [2.05, 4.69) is 31.5 Å². The number of anilines is 3. The number of carbonyl (C=O) groups is 1. The molecule has 0 saturated carbocycles. The molecule has 0 saturated heterocycles. The molecular weight excluding hydrogens is 370 g/mol. The molecule has 0 spiro atoms. The van der Waals surface area contributed by atoms with E-state index in [1.807, 2.05) is 12.1 Å². The molecule has 5 nitrogen and oxygen atoms in total. The number of halogens is 1. The third-order valence-electron chi connectivity index (χ3n) is 3.30. The predicted octanol–water partition coefficient (Wildman–Crippen LogP) is 4.55. The second-order valence-electron chi connectivity index (χ2n) is 5.01. The third-order valence-corrected chi connectivity index (χ3v) is 4.00. The molecule has 0 aliphatic heterocycles. The van der Waals surface area contributed by atoms with Gasteiger partial charge in [0.25, 0.3) is 5.91 Å². The largest absolute Gasteiger partial charge is 0.508 e. The minimum atomic E-state index is -0.232. The highest BCUT2D eigenvalue weighted by Gasteiger charge is 2.12. The summed E-state index contributed by atoms with van der Waals surface area (Å²) in [6.07, 6.45) is 1.64. The first kappa shape index (κ1) is 16.0. The van der Waals surface area contributed by atoms with E-state index in [0.29, 0.717) is 17.1 Å². The van der Waals surface area contributed by atoms with Crippen molar-refractivity contribution >= 4 is 39.0 Å². The van der Waals surface area contributed by atoms with Gasteiger partial charge in [0.2, 0.25) is 0 Å². The predicted molar refractivity (Wildman–Crippen MR) is 97.7 cm³/mol. The summed E-state index contributed by atoms with van der Waals surface area (Å²) in [6, 6.07) is 17.3. The van der Waals surface area contributed by atoms with Crippen LogP contribution >= 0.6 is 15.9 Å². The van der Waals surface area contributed by atoms with Crippen LogP contribution in [0.2, 0.25) is 0 Å². The van der Waals surface area contributed by atoms with Crippen LogP contribution in [0.3, 0.4) is 0 Å². The van der Waals surface area contributed by atoms with Crippen molar-refractivity contribution in [2.75, 3.05) is 10.6 Å². The highest BCUT2D eigenvalue weighted by Crippen LogP contribution is 2.25. The number of aromatic nitrogens is 1.